The lowest BCUT2D eigenvalue weighted by Crippen LogP contribution is -2.40. The van der Waals surface area contributed by atoms with E-state index < -0.39 is 22.4 Å². The molecule has 0 saturated carbocycles. The SMILES string of the molecule is CCCNC1c2cc(F)cc(F)c2S(=O)C(C)C1C. The van der Waals surface area contributed by atoms with Gasteiger partial charge in [-0.1, -0.05) is 20.8 Å². The maximum absolute atomic E-state index is 13.9. The van der Waals surface area contributed by atoms with Crippen molar-refractivity contribution in [2.45, 2.75) is 43.4 Å². The number of hydrogen-bond acceptors (Lipinski definition) is 2. The highest BCUT2D eigenvalue weighted by molar-refractivity contribution is 7.85. The van der Waals surface area contributed by atoms with Gasteiger partial charge in [-0.25, -0.2) is 8.78 Å². The van der Waals surface area contributed by atoms with E-state index in [1.54, 1.807) is 0 Å². The van der Waals surface area contributed by atoms with Crippen molar-refractivity contribution in [1.82, 2.24) is 5.32 Å². The first kappa shape index (κ1) is 14.6. The van der Waals surface area contributed by atoms with Crippen molar-refractivity contribution >= 4 is 10.8 Å². The lowest BCUT2D eigenvalue weighted by atomic mass is 9.91. The Labute approximate surface area is 115 Å². The Hall–Kier alpha value is -0.810. The van der Waals surface area contributed by atoms with Crippen LogP contribution in [0.1, 0.15) is 38.8 Å². The molecule has 0 bridgehead atoms. The van der Waals surface area contributed by atoms with Gasteiger partial charge in [0.1, 0.15) is 11.6 Å². The fraction of sp³-hybridized carbons (Fsp3) is 0.571. The van der Waals surface area contributed by atoms with Crippen LogP contribution in [0.25, 0.3) is 0 Å². The van der Waals surface area contributed by atoms with Crippen molar-refractivity contribution in [3.8, 4) is 0 Å². The van der Waals surface area contributed by atoms with Crippen molar-refractivity contribution in [2.24, 2.45) is 5.92 Å². The largest absolute Gasteiger partial charge is 0.310 e. The zero-order valence-corrected chi connectivity index (χ0v) is 12.2. The molecule has 106 valence electrons. The maximum atomic E-state index is 13.9. The molecule has 1 aliphatic heterocycles. The molecule has 0 amide bonds. The summed E-state index contributed by atoms with van der Waals surface area (Å²) < 4.78 is 39.7. The Morgan fingerprint density at radius 3 is 2.63 bits per heavy atom. The Bertz CT molecular complexity index is 506. The molecule has 4 atom stereocenters. The van der Waals surface area contributed by atoms with Gasteiger partial charge in [-0.05, 0) is 30.5 Å². The van der Waals surface area contributed by atoms with Crippen LogP contribution in [0.15, 0.2) is 17.0 Å². The van der Waals surface area contributed by atoms with E-state index in [-0.39, 0.29) is 22.1 Å². The normalized spacial score (nSPS) is 30.2. The van der Waals surface area contributed by atoms with Crippen molar-refractivity contribution in [2.75, 3.05) is 6.54 Å². The molecule has 2 nitrogen and oxygen atoms in total. The Morgan fingerprint density at radius 1 is 1.32 bits per heavy atom. The molecule has 0 saturated heterocycles. The second-order valence-corrected chi connectivity index (χ2v) is 6.85. The monoisotopic (exact) mass is 287 g/mol. The van der Waals surface area contributed by atoms with Crippen LogP contribution >= 0.6 is 0 Å². The second kappa shape index (κ2) is 5.67. The molecule has 1 N–H and O–H groups in total. The van der Waals surface area contributed by atoms with Gasteiger partial charge >= 0.3 is 0 Å². The van der Waals surface area contributed by atoms with Crippen molar-refractivity contribution in [3.63, 3.8) is 0 Å². The van der Waals surface area contributed by atoms with Crippen molar-refractivity contribution in [1.29, 1.82) is 0 Å². The molecule has 0 fully saturated rings. The van der Waals surface area contributed by atoms with E-state index in [1.165, 1.54) is 6.07 Å². The maximum Gasteiger partial charge on any atom is 0.142 e. The Kier molecular flexibility index (Phi) is 4.36. The van der Waals surface area contributed by atoms with Crippen LogP contribution in [0.3, 0.4) is 0 Å². The van der Waals surface area contributed by atoms with Gasteiger partial charge in [-0.3, -0.25) is 4.21 Å². The molecule has 1 aromatic carbocycles. The lowest BCUT2D eigenvalue weighted by Gasteiger charge is -2.36. The van der Waals surface area contributed by atoms with E-state index in [4.69, 9.17) is 0 Å². The summed E-state index contributed by atoms with van der Waals surface area (Å²) in [5.74, 6) is -1.24. The van der Waals surface area contributed by atoms with E-state index in [9.17, 15) is 13.0 Å². The van der Waals surface area contributed by atoms with Gasteiger partial charge in [-0.15, -0.1) is 0 Å². The molecule has 0 aromatic heterocycles. The molecule has 0 spiro atoms. The fourth-order valence-corrected chi connectivity index (χ4v) is 4.14. The standard InChI is InChI=1S/C14H19F2NOS/c1-4-5-17-13-8(2)9(3)19(18)14-11(13)6-10(15)7-12(14)16/h6-9,13,17H,4-5H2,1-3H3. The van der Waals surface area contributed by atoms with Crippen LogP contribution in [0.2, 0.25) is 0 Å². The van der Waals surface area contributed by atoms with Gasteiger partial charge < -0.3 is 5.32 Å². The molecule has 0 aliphatic carbocycles. The van der Waals surface area contributed by atoms with Crippen LogP contribution in [0.5, 0.6) is 0 Å². The number of hydrogen-bond donors (Lipinski definition) is 1. The van der Waals surface area contributed by atoms with E-state index >= 15 is 0 Å². The lowest BCUT2D eigenvalue weighted by molar-refractivity contribution is 0.360. The molecule has 1 heterocycles. The summed E-state index contributed by atoms with van der Waals surface area (Å²) in [4.78, 5) is 0.167. The first-order chi connectivity index (χ1) is 8.97. The summed E-state index contributed by atoms with van der Waals surface area (Å²) in [6, 6.07) is 1.98. The first-order valence-corrected chi connectivity index (χ1v) is 7.81. The number of benzene rings is 1. The third-order valence-electron chi connectivity index (χ3n) is 3.79. The highest BCUT2D eigenvalue weighted by atomic mass is 32.2. The van der Waals surface area contributed by atoms with Crippen LogP contribution in [0.4, 0.5) is 8.78 Å². The van der Waals surface area contributed by atoms with Gasteiger partial charge in [-0.2, -0.15) is 0 Å². The topological polar surface area (TPSA) is 29.1 Å². The summed E-state index contributed by atoms with van der Waals surface area (Å²) in [6.07, 6.45) is 0.938. The van der Waals surface area contributed by atoms with Crippen LogP contribution in [-0.4, -0.2) is 16.0 Å². The molecule has 1 aliphatic rings. The summed E-state index contributed by atoms with van der Waals surface area (Å²) >= 11 is 0. The molecule has 4 unspecified atom stereocenters. The zero-order chi connectivity index (χ0) is 14.2. The smallest absolute Gasteiger partial charge is 0.142 e. The molecule has 2 rings (SSSR count). The van der Waals surface area contributed by atoms with E-state index in [1.807, 2.05) is 20.8 Å². The summed E-state index contributed by atoms with van der Waals surface area (Å²) in [6.45, 7) is 6.63. The Morgan fingerprint density at radius 2 is 2.00 bits per heavy atom. The number of nitrogens with one attached hydrogen (secondary N) is 1. The highest BCUT2D eigenvalue weighted by Crippen LogP contribution is 2.39. The highest BCUT2D eigenvalue weighted by Gasteiger charge is 2.38. The molecule has 1 aromatic rings. The first-order valence-electron chi connectivity index (χ1n) is 6.60. The van der Waals surface area contributed by atoms with Crippen LogP contribution < -0.4 is 5.32 Å². The molecule has 5 heteroatoms. The van der Waals surface area contributed by atoms with Gasteiger partial charge in [0.05, 0.1) is 15.7 Å². The molecular weight excluding hydrogens is 268 g/mol. The predicted octanol–water partition coefficient (Wildman–Crippen LogP) is 3.15. The van der Waals surface area contributed by atoms with Crippen molar-refractivity contribution < 1.29 is 13.0 Å². The van der Waals surface area contributed by atoms with E-state index in [0.29, 0.717) is 5.56 Å². The fourth-order valence-electron chi connectivity index (χ4n) is 2.55. The van der Waals surface area contributed by atoms with Gasteiger partial charge in [0.25, 0.3) is 0 Å². The minimum atomic E-state index is -1.42. The average molecular weight is 287 g/mol. The summed E-state index contributed by atoms with van der Waals surface area (Å²) in [5, 5.41) is 3.16. The minimum Gasteiger partial charge on any atom is -0.310 e. The van der Waals surface area contributed by atoms with Crippen LogP contribution in [-0.2, 0) is 10.8 Å². The van der Waals surface area contributed by atoms with Gasteiger partial charge in [0, 0.05) is 17.4 Å². The second-order valence-electron chi connectivity index (χ2n) is 5.10. The number of fused-ring (bicyclic) bond motifs is 1. The third kappa shape index (κ3) is 2.58. The van der Waals surface area contributed by atoms with Gasteiger partial charge in [0.15, 0.2) is 0 Å². The average Bonchev–Trinajstić information content (AvgIpc) is 2.35. The van der Waals surface area contributed by atoms with E-state index in [0.717, 1.165) is 19.0 Å². The molecular formula is C14H19F2NOS. The zero-order valence-electron chi connectivity index (χ0n) is 11.4. The third-order valence-corrected chi connectivity index (χ3v) is 5.73. The summed E-state index contributed by atoms with van der Waals surface area (Å²) in [5.41, 5.74) is 0.509. The minimum absolute atomic E-state index is 0.0704. The number of halogens is 2. The quantitative estimate of drug-likeness (QED) is 0.925. The Balaban J connectivity index is 2.53. The predicted molar refractivity (Wildman–Crippen MR) is 72.4 cm³/mol. The van der Waals surface area contributed by atoms with Crippen molar-refractivity contribution in [3.05, 3.63) is 29.3 Å². The molecule has 0 radical (unpaired) electrons. The van der Waals surface area contributed by atoms with Crippen LogP contribution in [0, 0.1) is 17.6 Å². The van der Waals surface area contributed by atoms with E-state index in [2.05, 4.69) is 5.32 Å². The molecule has 19 heavy (non-hydrogen) atoms. The summed E-state index contributed by atoms with van der Waals surface area (Å²) in [7, 11) is -1.42. The van der Waals surface area contributed by atoms with Gasteiger partial charge in [0.2, 0.25) is 0 Å². The number of rotatable bonds is 3.